The van der Waals surface area contributed by atoms with Crippen molar-refractivity contribution in [1.29, 1.82) is 0 Å². The van der Waals surface area contributed by atoms with Crippen molar-refractivity contribution in [3.8, 4) is 0 Å². The average Bonchev–Trinajstić information content (AvgIpc) is 2.58. The van der Waals surface area contributed by atoms with Gasteiger partial charge in [-0.05, 0) is 35.6 Å². The molecule has 1 N–H and O–H groups in total. The lowest BCUT2D eigenvalue weighted by atomic mass is 10.2. The molecule has 0 fully saturated rings. The summed E-state index contributed by atoms with van der Waals surface area (Å²) in [6.45, 7) is 0.437. The molecule has 118 valence electrons. The van der Waals surface area contributed by atoms with E-state index < -0.39 is 4.92 Å². The Kier molecular flexibility index (Phi) is 5.94. The van der Waals surface area contributed by atoms with Crippen molar-refractivity contribution in [2.45, 2.75) is 11.4 Å². The van der Waals surface area contributed by atoms with E-state index in [-0.39, 0.29) is 11.6 Å². The number of rotatable bonds is 6. The van der Waals surface area contributed by atoms with Crippen molar-refractivity contribution in [3.63, 3.8) is 0 Å². The van der Waals surface area contributed by atoms with E-state index in [9.17, 15) is 14.9 Å². The van der Waals surface area contributed by atoms with Crippen molar-refractivity contribution in [2.24, 2.45) is 0 Å². The first-order valence-corrected chi connectivity index (χ1v) is 8.14. The summed E-state index contributed by atoms with van der Waals surface area (Å²) in [4.78, 5) is 23.2. The number of thioether (sulfide) groups is 1. The smallest absolute Gasteiger partial charge is 0.270 e. The molecule has 0 aromatic heterocycles. The van der Waals surface area contributed by atoms with Crippen LogP contribution in [0, 0.1) is 10.1 Å². The zero-order valence-corrected chi connectivity index (χ0v) is 13.4. The second kappa shape index (κ2) is 8.14. The third kappa shape index (κ3) is 5.27. The van der Waals surface area contributed by atoms with Crippen LogP contribution in [0.3, 0.4) is 0 Å². The minimum absolute atomic E-state index is 0.00134. The molecule has 0 bridgehead atoms. The molecule has 2 rings (SSSR count). The second-order valence-electron chi connectivity index (χ2n) is 4.75. The normalized spacial score (nSPS) is 10.7. The van der Waals surface area contributed by atoms with Crippen LogP contribution in [0.25, 0.3) is 6.08 Å². The standard InChI is InChI=1S/C17H16N2O3S/c1-23-16-8-5-14(6-9-16)12-18-17(20)10-7-13-3-2-4-15(11-13)19(21)22/h2-11H,12H2,1H3,(H,18,20)/b10-7+. The fourth-order valence-electron chi connectivity index (χ4n) is 1.91. The van der Waals surface area contributed by atoms with Crippen LogP contribution < -0.4 is 5.32 Å². The number of nitrogens with zero attached hydrogens (tertiary/aromatic N) is 1. The van der Waals surface area contributed by atoms with Crippen molar-refractivity contribution in [2.75, 3.05) is 6.26 Å². The number of carbonyl (C=O) groups excluding carboxylic acids is 1. The van der Waals surface area contributed by atoms with E-state index in [0.717, 1.165) is 5.56 Å². The highest BCUT2D eigenvalue weighted by atomic mass is 32.2. The van der Waals surface area contributed by atoms with Crippen LogP contribution in [-0.2, 0) is 11.3 Å². The molecule has 2 aromatic rings. The number of benzene rings is 2. The maximum Gasteiger partial charge on any atom is 0.270 e. The number of nitro groups is 1. The van der Waals surface area contributed by atoms with Crippen molar-refractivity contribution in [1.82, 2.24) is 5.32 Å². The van der Waals surface area contributed by atoms with Crippen LogP contribution in [0.4, 0.5) is 5.69 Å². The Balaban J connectivity index is 1.91. The lowest BCUT2D eigenvalue weighted by Crippen LogP contribution is -2.20. The number of hydrogen-bond donors (Lipinski definition) is 1. The van der Waals surface area contributed by atoms with E-state index in [1.54, 1.807) is 30.0 Å². The summed E-state index contributed by atoms with van der Waals surface area (Å²) in [6, 6.07) is 14.1. The summed E-state index contributed by atoms with van der Waals surface area (Å²) in [5, 5.41) is 13.5. The largest absolute Gasteiger partial charge is 0.348 e. The fourth-order valence-corrected chi connectivity index (χ4v) is 2.31. The molecule has 0 heterocycles. The highest BCUT2D eigenvalue weighted by Gasteiger charge is 2.04. The topological polar surface area (TPSA) is 72.2 Å². The number of hydrogen-bond acceptors (Lipinski definition) is 4. The van der Waals surface area contributed by atoms with Crippen molar-refractivity contribution >= 4 is 29.4 Å². The summed E-state index contributed by atoms with van der Waals surface area (Å²) in [5.41, 5.74) is 1.63. The predicted molar refractivity (Wildman–Crippen MR) is 92.2 cm³/mol. The van der Waals surface area contributed by atoms with Crippen LogP contribution in [0.1, 0.15) is 11.1 Å². The van der Waals surface area contributed by atoms with Gasteiger partial charge >= 0.3 is 0 Å². The van der Waals surface area contributed by atoms with Gasteiger partial charge in [0.1, 0.15) is 0 Å². The lowest BCUT2D eigenvalue weighted by molar-refractivity contribution is -0.384. The second-order valence-corrected chi connectivity index (χ2v) is 5.63. The average molecular weight is 328 g/mol. The molecule has 0 aliphatic heterocycles. The Morgan fingerprint density at radius 1 is 1.26 bits per heavy atom. The summed E-state index contributed by atoms with van der Waals surface area (Å²) < 4.78 is 0. The zero-order chi connectivity index (χ0) is 16.7. The molecule has 23 heavy (non-hydrogen) atoms. The third-order valence-corrected chi connectivity index (χ3v) is 3.88. The van der Waals surface area contributed by atoms with E-state index in [1.165, 1.54) is 23.1 Å². The molecule has 0 spiro atoms. The van der Waals surface area contributed by atoms with E-state index in [4.69, 9.17) is 0 Å². The van der Waals surface area contributed by atoms with Gasteiger partial charge in [-0.1, -0.05) is 24.3 Å². The van der Waals surface area contributed by atoms with E-state index >= 15 is 0 Å². The molecule has 5 nitrogen and oxygen atoms in total. The lowest BCUT2D eigenvalue weighted by Gasteiger charge is -2.03. The van der Waals surface area contributed by atoms with Crippen molar-refractivity contribution in [3.05, 3.63) is 75.8 Å². The molecule has 2 aromatic carbocycles. The Morgan fingerprint density at radius 2 is 2.00 bits per heavy atom. The summed E-state index contributed by atoms with van der Waals surface area (Å²) in [6.07, 6.45) is 4.93. The molecule has 0 saturated heterocycles. The molecule has 6 heteroatoms. The van der Waals surface area contributed by atoms with E-state index in [0.29, 0.717) is 12.1 Å². The zero-order valence-electron chi connectivity index (χ0n) is 12.6. The van der Waals surface area contributed by atoms with Gasteiger partial charge in [-0.2, -0.15) is 0 Å². The third-order valence-electron chi connectivity index (χ3n) is 3.13. The van der Waals surface area contributed by atoms with Gasteiger partial charge < -0.3 is 5.32 Å². The van der Waals surface area contributed by atoms with E-state index in [1.807, 2.05) is 30.5 Å². The summed E-state index contributed by atoms with van der Waals surface area (Å²) in [5.74, 6) is -0.245. The number of nitro benzene ring substituents is 1. The number of nitrogens with one attached hydrogen (secondary N) is 1. The highest BCUT2D eigenvalue weighted by Crippen LogP contribution is 2.15. The van der Waals surface area contributed by atoms with E-state index in [2.05, 4.69) is 5.32 Å². The SMILES string of the molecule is CSc1ccc(CNC(=O)/C=C/c2cccc([N+](=O)[O-])c2)cc1. The van der Waals surface area contributed by atoms with Gasteiger partial charge in [0.05, 0.1) is 4.92 Å². The summed E-state index contributed by atoms with van der Waals surface area (Å²) >= 11 is 1.66. The van der Waals surface area contributed by atoms with Gasteiger partial charge in [-0.25, -0.2) is 0 Å². The molecular weight excluding hydrogens is 312 g/mol. The summed E-state index contributed by atoms with van der Waals surface area (Å²) in [7, 11) is 0. The molecule has 0 saturated carbocycles. The number of amides is 1. The van der Waals surface area contributed by atoms with Gasteiger partial charge in [-0.15, -0.1) is 11.8 Å². The molecular formula is C17H16N2O3S. The number of non-ortho nitro benzene ring substituents is 1. The Morgan fingerprint density at radius 3 is 2.65 bits per heavy atom. The maximum absolute atomic E-state index is 11.8. The Hall–Kier alpha value is -2.60. The van der Waals surface area contributed by atoms with Gasteiger partial charge in [0, 0.05) is 29.6 Å². The maximum atomic E-state index is 11.8. The first-order chi connectivity index (χ1) is 11.1. The minimum atomic E-state index is -0.463. The van der Waals surface area contributed by atoms with Crippen LogP contribution in [0.2, 0.25) is 0 Å². The quantitative estimate of drug-likeness (QED) is 0.380. The Bertz CT molecular complexity index is 727. The molecule has 0 aliphatic carbocycles. The van der Waals surface area contributed by atoms with Gasteiger partial charge in [0.2, 0.25) is 5.91 Å². The molecule has 0 unspecified atom stereocenters. The van der Waals surface area contributed by atoms with Gasteiger partial charge in [0.25, 0.3) is 5.69 Å². The van der Waals surface area contributed by atoms with Crippen LogP contribution in [-0.4, -0.2) is 17.1 Å². The predicted octanol–water partition coefficient (Wildman–Crippen LogP) is 3.65. The van der Waals surface area contributed by atoms with Crippen molar-refractivity contribution < 1.29 is 9.72 Å². The molecule has 1 amide bonds. The minimum Gasteiger partial charge on any atom is -0.348 e. The first kappa shape index (κ1) is 16.8. The molecule has 0 radical (unpaired) electrons. The van der Waals surface area contributed by atoms with Crippen LogP contribution in [0.15, 0.2) is 59.5 Å². The van der Waals surface area contributed by atoms with Crippen LogP contribution >= 0.6 is 11.8 Å². The molecule has 0 aliphatic rings. The fraction of sp³-hybridized carbons (Fsp3) is 0.118. The highest BCUT2D eigenvalue weighted by molar-refractivity contribution is 7.98. The van der Waals surface area contributed by atoms with Crippen LogP contribution in [0.5, 0.6) is 0 Å². The molecule has 0 atom stereocenters. The number of carbonyl (C=O) groups is 1. The van der Waals surface area contributed by atoms with Gasteiger partial charge in [0.15, 0.2) is 0 Å². The first-order valence-electron chi connectivity index (χ1n) is 6.92. The Labute approximate surface area is 138 Å². The monoisotopic (exact) mass is 328 g/mol. The van der Waals surface area contributed by atoms with Gasteiger partial charge in [-0.3, -0.25) is 14.9 Å².